The zero-order valence-electron chi connectivity index (χ0n) is 20.1. The molecule has 1 aliphatic rings. The Kier molecular flexibility index (Phi) is 9.69. The molecule has 0 bridgehead atoms. The number of nitrogens with zero attached hydrogens (tertiary/aromatic N) is 1. The molecule has 2 aromatic carbocycles. The molecule has 0 aromatic heterocycles. The van der Waals surface area contributed by atoms with E-state index in [-0.39, 0.29) is 25.8 Å². The highest BCUT2D eigenvalue weighted by molar-refractivity contribution is 6.05. The first-order valence-corrected chi connectivity index (χ1v) is 12.2. The number of halogens is 1. The third kappa shape index (κ3) is 6.75. The Labute approximate surface area is 210 Å². The van der Waals surface area contributed by atoms with E-state index in [9.17, 15) is 29.0 Å². The van der Waals surface area contributed by atoms with Crippen LogP contribution in [-0.4, -0.2) is 69.7 Å². The second-order valence-corrected chi connectivity index (χ2v) is 9.32. The molecule has 2 unspecified atom stereocenters. The van der Waals surface area contributed by atoms with Crippen molar-refractivity contribution in [3.05, 3.63) is 71.3 Å². The van der Waals surface area contributed by atoms with Gasteiger partial charge >= 0.3 is 11.9 Å². The van der Waals surface area contributed by atoms with Crippen LogP contribution in [0.3, 0.4) is 0 Å². The molecule has 0 spiro atoms. The third-order valence-electron chi connectivity index (χ3n) is 6.80. The van der Waals surface area contributed by atoms with Crippen LogP contribution in [0.25, 0.3) is 0 Å². The average Bonchev–Trinajstić information content (AvgIpc) is 3.27. The van der Waals surface area contributed by atoms with Crippen molar-refractivity contribution < 1.29 is 29.0 Å². The lowest BCUT2D eigenvalue weighted by atomic mass is 9.93. The maximum Gasteiger partial charge on any atom is 0.328 e. The molecular weight excluding hydrogens is 465 g/mol. The molecule has 6 N–H and O–H groups in total. The summed E-state index contributed by atoms with van der Waals surface area (Å²) in [4.78, 5) is 39.7. The van der Waals surface area contributed by atoms with Gasteiger partial charge in [-0.1, -0.05) is 54.6 Å². The van der Waals surface area contributed by atoms with Crippen LogP contribution in [0.4, 0.5) is 4.39 Å². The first-order chi connectivity index (χ1) is 17.2. The van der Waals surface area contributed by atoms with Gasteiger partial charge in [0.15, 0.2) is 11.8 Å². The number of nitrogens with two attached hydrogens (primary N) is 2. The summed E-state index contributed by atoms with van der Waals surface area (Å²) in [6, 6.07) is 11.8. The largest absolute Gasteiger partial charge is 0.480 e. The molecule has 8 nitrogen and oxygen atoms in total. The maximum absolute atomic E-state index is 14.2. The van der Waals surface area contributed by atoms with Crippen LogP contribution in [0.5, 0.6) is 0 Å². The van der Waals surface area contributed by atoms with Crippen molar-refractivity contribution in [2.75, 3.05) is 6.54 Å². The van der Waals surface area contributed by atoms with Crippen molar-refractivity contribution >= 4 is 17.7 Å². The molecular formula is C27H34FN3O5. The maximum atomic E-state index is 14.2. The highest BCUT2D eigenvalue weighted by Crippen LogP contribution is 2.30. The van der Waals surface area contributed by atoms with Gasteiger partial charge in [0.25, 0.3) is 0 Å². The van der Waals surface area contributed by atoms with E-state index >= 15 is 0 Å². The van der Waals surface area contributed by atoms with Gasteiger partial charge in [0, 0.05) is 12.5 Å². The van der Waals surface area contributed by atoms with Gasteiger partial charge in [-0.2, -0.15) is 0 Å². The average molecular weight is 500 g/mol. The molecule has 0 radical (unpaired) electrons. The Morgan fingerprint density at radius 1 is 0.944 bits per heavy atom. The minimum Gasteiger partial charge on any atom is -0.480 e. The SMILES string of the molecule is NCCC(F)C[C@H](N)C(=O)C(C(=O)O)N(C1Cc2ccccc2C1)[C@@H](CCc1ccccc1)C(=O)O. The number of hydrogen-bond acceptors (Lipinski definition) is 6. The van der Waals surface area contributed by atoms with Crippen LogP contribution in [0.2, 0.25) is 0 Å². The Hall–Kier alpha value is -3.14. The first-order valence-electron chi connectivity index (χ1n) is 12.2. The summed E-state index contributed by atoms with van der Waals surface area (Å²) in [7, 11) is 0. The Bertz CT molecular complexity index is 1030. The predicted octanol–water partition coefficient (Wildman–Crippen LogP) is 1.97. The number of carbonyl (C=O) groups is 3. The number of aliphatic carboxylic acids is 2. The van der Waals surface area contributed by atoms with E-state index in [1.165, 1.54) is 4.90 Å². The highest BCUT2D eigenvalue weighted by atomic mass is 19.1. The van der Waals surface area contributed by atoms with E-state index in [0.29, 0.717) is 19.3 Å². The van der Waals surface area contributed by atoms with Crippen molar-refractivity contribution in [1.82, 2.24) is 4.90 Å². The fourth-order valence-electron chi connectivity index (χ4n) is 5.03. The number of carbonyl (C=O) groups excluding carboxylic acids is 1. The van der Waals surface area contributed by atoms with Crippen molar-refractivity contribution in [2.45, 2.75) is 68.9 Å². The Morgan fingerprint density at radius 2 is 1.53 bits per heavy atom. The molecule has 9 heteroatoms. The van der Waals surface area contributed by atoms with Crippen molar-refractivity contribution in [3.8, 4) is 0 Å². The lowest BCUT2D eigenvalue weighted by molar-refractivity contribution is -0.157. The molecule has 36 heavy (non-hydrogen) atoms. The second-order valence-electron chi connectivity index (χ2n) is 9.32. The standard InChI is InChI=1S/C27H34FN3O5/c28-20(12-13-29)16-22(30)25(32)24(27(35)36)31(21-14-18-8-4-5-9-19(18)15-21)23(26(33)34)11-10-17-6-2-1-3-7-17/h1-9,20-24H,10-16,29-30H2,(H,33,34)(H,35,36)/t20?,22-,23-,24?/m0/s1. The number of Topliss-reactive ketones (excluding diaryl/α,β-unsaturated/α-hetero) is 1. The molecule has 0 saturated heterocycles. The van der Waals surface area contributed by atoms with Crippen molar-refractivity contribution in [3.63, 3.8) is 0 Å². The van der Waals surface area contributed by atoms with Crippen LogP contribution in [0, 0.1) is 0 Å². The molecule has 2 aromatic rings. The van der Waals surface area contributed by atoms with Gasteiger partial charge in [0.2, 0.25) is 0 Å². The normalized spacial score (nSPS) is 16.8. The van der Waals surface area contributed by atoms with Crippen molar-refractivity contribution in [2.24, 2.45) is 11.5 Å². The molecule has 4 atom stereocenters. The van der Waals surface area contributed by atoms with E-state index in [1.807, 2.05) is 54.6 Å². The van der Waals surface area contributed by atoms with Gasteiger partial charge in [0.1, 0.15) is 12.2 Å². The Balaban J connectivity index is 1.95. The fraction of sp³-hybridized carbons (Fsp3) is 0.444. The molecule has 0 heterocycles. The topological polar surface area (TPSA) is 147 Å². The number of rotatable bonds is 14. The van der Waals surface area contributed by atoms with E-state index in [1.54, 1.807) is 0 Å². The molecule has 0 aliphatic heterocycles. The van der Waals surface area contributed by atoms with Crippen LogP contribution in [0.15, 0.2) is 54.6 Å². The molecule has 0 amide bonds. The smallest absolute Gasteiger partial charge is 0.328 e. The number of hydrogen-bond donors (Lipinski definition) is 4. The fourth-order valence-corrected chi connectivity index (χ4v) is 5.03. The van der Waals surface area contributed by atoms with E-state index in [4.69, 9.17) is 11.5 Å². The van der Waals surface area contributed by atoms with Gasteiger partial charge in [0.05, 0.1) is 6.04 Å². The summed E-state index contributed by atoms with van der Waals surface area (Å²) in [6.45, 7) is 0.0669. The van der Waals surface area contributed by atoms with Crippen LogP contribution < -0.4 is 11.5 Å². The number of alkyl halides is 1. The zero-order chi connectivity index (χ0) is 26.2. The predicted molar refractivity (Wildman–Crippen MR) is 133 cm³/mol. The molecule has 0 fully saturated rings. The quantitative estimate of drug-likeness (QED) is 0.289. The van der Waals surface area contributed by atoms with Gasteiger partial charge in [-0.25, -0.2) is 4.39 Å². The summed E-state index contributed by atoms with van der Waals surface area (Å²) in [5.74, 6) is -3.61. The lowest BCUT2D eigenvalue weighted by Crippen LogP contribution is -2.61. The minimum absolute atomic E-state index is 0.00477. The number of carboxylic acids is 2. The summed E-state index contributed by atoms with van der Waals surface area (Å²) in [6.07, 6.45) is -0.565. The van der Waals surface area contributed by atoms with E-state index in [2.05, 4.69) is 0 Å². The number of ketones is 1. The van der Waals surface area contributed by atoms with Crippen LogP contribution in [-0.2, 0) is 33.6 Å². The molecule has 3 rings (SSSR count). The number of carboxylic acid groups (broad SMARTS) is 2. The van der Waals surface area contributed by atoms with Gasteiger partial charge < -0.3 is 21.7 Å². The summed E-state index contributed by atoms with van der Waals surface area (Å²) < 4.78 is 14.2. The number of aryl methyl sites for hydroxylation is 1. The van der Waals surface area contributed by atoms with Crippen molar-refractivity contribution in [1.29, 1.82) is 0 Å². The van der Waals surface area contributed by atoms with E-state index < -0.39 is 48.1 Å². The highest BCUT2D eigenvalue weighted by Gasteiger charge is 2.46. The van der Waals surface area contributed by atoms with Crippen LogP contribution in [0.1, 0.15) is 36.0 Å². The third-order valence-corrected chi connectivity index (χ3v) is 6.80. The molecule has 194 valence electrons. The van der Waals surface area contributed by atoms with Gasteiger partial charge in [-0.05, 0) is 55.3 Å². The molecule has 1 aliphatic carbocycles. The summed E-state index contributed by atoms with van der Waals surface area (Å²) in [5.41, 5.74) is 14.2. The number of benzene rings is 2. The van der Waals surface area contributed by atoms with E-state index in [0.717, 1.165) is 16.7 Å². The van der Waals surface area contributed by atoms with Gasteiger partial charge in [-0.15, -0.1) is 0 Å². The van der Waals surface area contributed by atoms with Gasteiger partial charge in [-0.3, -0.25) is 19.3 Å². The Morgan fingerprint density at radius 3 is 2.06 bits per heavy atom. The second kappa shape index (κ2) is 12.7. The zero-order valence-corrected chi connectivity index (χ0v) is 20.1. The monoisotopic (exact) mass is 499 g/mol. The summed E-state index contributed by atoms with van der Waals surface area (Å²) >= 11 is 0. The lowest BCUT2D eigenvalue weighted by Gasteiger charge is -2.38. The summed E-state index contributed by atoms with van der Waals surface area (Å²) in [5, 5.41) is 20.4. The first kappa shape index (κ1) is 27.4. The number of fused-ring (bicyclic) bond motifs is 1. The minimum atomic E-state index is -1.82. The van der Waals surface area contributed by atoms with Crippen LogP contribution >= 0.6 is 0 Å². The molecule has 0 saturated carbocycles.